The van der Waals surface area contributed by atoms with Crippen molar-refractivity contribution in [2.45, 2.75) is 13.8 Å². The summed E-state index contributed by atoms with van der Waals surface area (Å²) in [6.07, 6.45) is 0. The van der Waals surface area contributed by atoms with Crippen LogP contribution in [0.15, 0.2) is 48.5 Å². The standard InChI is InChI=1S/C18H15ClO/c1-11-7-9-15(19)12(2)17(11)18-14-6-4-3-5-13(14)8-10-16(18)20/h3-10,20H,1-2H3. The van der Waals surface area contributed by atoms with Gasteiger partial charge in [0.15, 0.2) is 0 Å². The fraction of sp³-hybridized carbons (Fsp3) is 0.111. The van der Waals surface area contributed by atoms with Gasteiger partial charge in [-0.3, -0.25) is 0 Å². The van der Waals surface area contributed by atoms with Crippen LogP contribution in [-0.2, 0) is 0 Å². The minimum absolute atomic E-state index is 0.289. The molecule has 1 nitrogen and oxygen atoms in total. The van der Waals surface area contributed by atoms with Crippen LogP contribution < -0.4 is 0 Å². The molecule has 3 rings (SSSR count). The quantitative estimate of drug-likeness (QED) is 0.626. The molecule has 0 saturated carbocycles. The van der Waals surface area contributed by atoms with E-state index in [4.69, 9.17) is 11.6 Å². The molecule has 0 saturated heterocycles. The first-order valence-electron chi connectivity index (χ1n) is 6.56. The second-order valence-electron chi connectivity index (χ2n) is 5.05. The zero-order chi connectivity index (χ0) is 14.3. The Labute approximate surface area is 123 Å². The Morgan fingerprint density at radius 3 is 2.40 bits per heavy atom. The first-order chi connectivity index (χ1) is 9.59. The number of benzene rings is 3. The van der Waals surface area contributed by atoms with Crippen LogP contribution in [0.4, 0.5) is 0 Å². The molecule has 20 heavy (non-hydrogen) atoms. The molecular formula is C18H15ClO. The number of phenolic OH excluding ortho intramolecular Hbond substituents is 1. The predicted molar refractivity (Wildman–Crippen MR) is 85.5 cm³/mol. The van der Waals surface area contributed by atoms with E-state index < -0.39 is 0 Å². The largest absolute Gasteiger partial charge is 0.507 e. The van der Waals surface area contributed by atoms with Gasteiger partial charge in [0.05, 0.1) is 0 Å². The number of aryl methyl sites for hydroxylation is 1. The number of aromatic hydroxyl groups is 1. The Bertz CT molecular complexity index is 806. The van der Waals surface area contributed by atoms with Crippen LogP contribution in [0.1, 0.15) is 11.1 Å². The molecule has 0 radical (unpaired) electrons. The molecule has 0 spiro atoms. The topological polar surface area (TPSA) is 20.2 Å². The van der Waals surface area contributed by atoms with Gasteiger partial charge in [-0.05, 0) is 53.4 Å². The van der Waals surface area contributed by atoms with Crippen LogP contribution >= 0.6 is 11.6 Å². The van der Waals surface area contributed by atoms with Crippen molar-refractivity contribution >= 4 is 22.4 Å². The SMILES string of the molecule is Cc1ccc(Cl)c(C)c1-c1c(O)ccc2ccccc12. The smallest absolute Gasteiger partial charge is 0.124 e. The lowest BCUT2D eigenvalue weighted by Gasteiger charge is -2.15. The number of hydrogen-bond acceptors (Lipinski definition) is 1. The van der Waals surface area contributed by atoms with E-state index in [-0.39, 0.29) is 5.75 Å². The number of halogens is 1. The van der Waals surface area contributed by atoms with Crippen molar-refractivity contribution in [1.29, 1.82) is 0 Å². The van der Waals surface area contributed by atoms with Gasteiger partial charge in [-0.15, -0.1) is 0 Å². The summed E-state index contributed by atoms with van der Waals surface area (Å²) in [5, 5.41) is 13.2. The van der Waals surface area contributed by atoms with Gasteiger partial charge in [0.2, 0.25) is 0 Å². The Morgan fingerprint density at radius 2 is 1.60 bits per heavy atom. The molecule has 0 bridgehead atoms. The maximum atomic E-state index is 10.4. The average molecular weight is 283 g/mol. The summed E-state index contributed by atoms with van der Waals surface area (Å²) in [7, 11) is 0. The minimum Gasteiger partial charge on any atom is -0.507 e. The normalized spacial score (nSPS) is 10.9. The van der Waals surface area contributed by atoms with Gasteiger partial charge >= 0.3 is 0 Å². The highest BCUT2D eigenvalue weighted by atomic mass is 35.5. The number of hydrogen-bond donors (Lipinski definition) is 1. The highest BCUT2D eigenvalue weighted by Crippen LogP contribution is 2.41. The summed E-state index contributed by atoms with van der Waals surface area (Å²) in [5.41, 5.74) is 3.99. The van der Waals surface area contributed by atoms with Crippen molar-refractivity contribution < 1.29 is 5.11 Å². The van der Waals surface area contributed by atoms with Crippen LogP contribution in [0.25, 0.3) is 21.9 Å². The maximum Gasteiger partial charge on any atom is 0.124 e. The Hall–Kier alpha value is -1.99. The third kappa shape index (κ3) is 1.95. The van der Waals surface area contributed by atoms with E-state index >= 15 is 0 Å². The van der Waals surface area contributed by atoms with Gasteiger partial charge in [-0.2, -0.15) is 0 Å². The molecule has 100 valence electrons. The van der Waals surface area contributed by atoms with Crippen LogP contribution in [0.5, 0.6) is 5.75 Å². The van der Waals surface area contributed by atoms with Crippen LogP contribution in [0, 0.1) is 13.8 Å². The zero-order valence-corrected chi connectivity index (χ0v) is 12.2. The molecule has 0 aliphatic carbocycles. The molecule has 2 heteroatoms. The van der Waals surface area contributed by atoms with Gasteiger partial charge in [-0.1, -0.05) is 48.0 Å². The molecule has 1 N–H and O–H groups in total. The molecule has 3 aromatic carbocycles. The predicted octanol–water partition coefficient (Wildman–Crippen LogP) is 5.48. The van der Waals surface area contributed by atoms with Gasteiger partial charge in [0.25, 0.3) is 0 Å². The summed E-state index contributed by atoms with van der Waals surface area (Å²) in [5.74, 6) is 0.289. The molecule has 0 unspecified atom stereocenters. The van der Waals surface area contributed by atoms with Gasteiger partial charge in [-0.25, -0.2) is 0 Å². The second-order valence-corrected chi connectivity index (χ2v) is 5.45. The lowest BCUT2D eigenvalue weighted by molar-refractivity contribution is 0.478. The molecule has 0 amide bonds. The van der Waals surface area contributed by atoms with Crippen LogP contribution in [0.2, 0.25) is 5.02 Å². The summed E-state index contributed by atoms with van der Waals surface area (Å²) in [6, 6.07) is 15.6. The average Bonchev–Trinajstić information content (AvgIpc) is 2.45. The van der Waals surface area contributed by atoms with Gasteiger partial charge in [0.1, 0.15) is 5.75 Å². The first-order valence-corrected chi connectivity index (χ1v) is 6.94. The van der Waals surface area contributed by atoms with E-state index in [1.54, 1.807) is 6.07 Å². The molecule has 3 aromatic rings. The summed E-state index contributed by atoms with van der Waals surface area (Å²) in [6.45, 7) is 4.03. The lowest BCUT2D eigenvalue weighted by Crippen LogP contribution is -1.91. The second kappa shape index (κ2) is 4.84. The van der Waals surface area contributed by atoms with Crippen molar-refractivity contribution in [2.24, 2.45) is 0 Å². The fourth-order valence-electron chi connectivity index (χ4n) is 2.73. The van der Waals surface area contributed by atoms with Crippen molar-refractivity contribution in [3.8, 4) is 16.9 Å². The summed E-state index contributed by atoms with van der Waals surface area (Å²) < 4.78 is 0. The highest BCUT2D eigenvalue weighted by molar-refractivity contribution is 6.32. The molecular weight excluding hydrogens is 268 g/mol. The van der Waals surface area contributed by atoms with Crippen LogP contribution in [-0.4, -0.2) is 5.11 Å². The van der Waals surface area contributed by atoms with Gasteiger partial charge in [0, 0.05) is 10.6 Å². The monoisotopic (exact) mass is 282 g/mol. The van der Waals surface area contributed by atoms with Crippen molar-refractivity contribution in [2.75, 3.05) is 0 Å². The molecule has 0 aliphatic heterocycles. The maximum absolute atomic E-state index is 10.4. The Kier molecular flexibility index (Phi) is 3.15. The van der Waals surface area contributed by atoms with E-state index in [0.717, 1.165) is 38.0 Å². The molecule has 0 fully saturated rings. The van der Waals surface area contributed by atoms with E-state index in [1.165, 1.54) is 0 Å². The highest BCUT2D eigenvalue weighted by Gasteiger charge is 2.15. The van der Waals surface area contributed by atoms with Crippen LogP contribution in [0.3, 0.4) is 0 Å². The van der Waals surface area contributed by atoms with Crippen molar-refractivity contribution in [3.05, 3.63) is 64.7 Å². The Balaban J connectivity index is 2.47. The Morgan fingerprint density at radius 1 is 0.850 bits per heavy atom. The fourth-order valence-corrected chi connectivity index (χ4v) is 2.89. The molecule has 0 aliphatic rings. The number of rotatable bonds is 1. The molecule has 0 aromatic heterocycles. The van der Waals surface area contributed by atoms with Gasteiger partial charge < -0.3 is 5.11 Å². The summed E-state index contributed by atoms with van der Waals surface area (Å²) >= 11 is 6.26. The van der Waals surface area contributed by atoms with E-state index in [9.17, 15) is 5.11 Å². The minimum atomic E-state index is 0.289. The number of fused-ring (bicyclic) bond motifs is 1. The van der Waals surface area contributed by atoms with Crippen molar-refractivity contribution in [1.82, 2.24) is 0 Å². The molecule has 0 atom stereocenters. The zero-order valence-electron chi connectivity index (χ0n) is 11.4. The third-order valence-corrected chi connectivity index (χ3v) is 4.17. The molecule has 0 heterocycles. The number of phenols is 1. The van der Waals surface area contributed by atoms with E-state index in [2.05, 4.69) is 0 Å². The van der Waals surface area contributed by atoms with E-state index in [0.29, 0.717) is 0 Å². The van der Waals surface area contributed by atoms with Crippen molar-refractivity contribution in [3.63, 3.8) is 0 Å². The van der Waals surface area contributed by atoms with E-state index in [1.807, 2.05) is 56.3 Å². The third-order valence-electron chi connectivity index (χ3n) is 3.76. The summed E-state index contributed by atoms with van der Waals surface area (Å²) in [4.78, 5) is 0. The lowest BCUT2D eigenvalue weighted by atomic mass is 9.91. The first kappa shape index (κ1) is 13.0.